The van der Waals surface area contributed by atoms with Gasteiger partial charge < -0.3 is 9.64 Å². The highest BCUT2D eigenvalue weighted by atomic mass is 16.5. The molecule has 3 heteroatoms. The van der Waals surface area contributed by atoms with Crippen molar-refractivity contribution >= 4 is 10.8 Å². The first-order chi connectivity index (χ1) is 17.1. The number of nitrogens with zero attached hydrogens (tertiary/aromatic N) is 2. The highest BCUT2D eigenvalue weighted by molar-refractivity contribution is 5.82. The Balaban J connectivity index is 1.15. The van der Waals surface area contributed by atoms with E-state index in [0.29, 0.717) is 11.8 Å². The summed E-state index contributed by atoms with van der Waals surface area (Å²) >= 11 is 0. The zero-order valence-electron chi connectivity index (χ0n) is 21.1. The van der Waals surface area contributed by atoms with Gasteiger partial charge in [-0.3, -0.25) is 4.98 Å². The molecule has 3 aliphatic carbocycles. The van der Waals surface area contributed by atoms with Gasteiger partial charge in [0.2, 0.25) is 0 Å². The third kappa shape index (κ3) is 2.83. The minimum Gasteiger partial charge on any atom is -0.359 e. The lowest BCUT2D eigenvalue weighted by Crippen LogP contribution is -2.55. The number of aromatic nitrogens is 1. The molecule has 0 radical (unpaired) electrons. The Bertz CT molecular complexity index is 1260. The highest BCUT2D eigenvalue weighted by Crippen LogP contribution is 2.69. The van der Waals surface area contributed by atoms with Gasteiger partial charge in [0.1, 0.15) is 0 Å². The summed E-state index contributed by atoms with van der Waals surface area (Å²) in [7, 11) is 0. The average molecular weight is 467 g/mol. The van der Waals surface area contributed by atoms with Crippen LogP contribution in [-0.4, -0.2) is 40.2 Å². The van der Waals surface area contributed by atoms with Crippen molar-refractivity contribution in [3.05, 3.63) is 65.5 Å². The fraction of sp³-hybridized carbons (Fsp3) is 0.594. The lowest BCUT2D eigenvalue weighted by molar-refractivity contribution is -0.140. The van der Waals surface area contributed by atoms with Crippen molar-refractivity contribution in [3.8, 4) is 0 Å². The fourth-order valence-corrected chi connectivity index (χ4v) is 9.67. The van der Waals surface area contributed by atoms with Gasteiger partial charge in [0, 0.05) is 23.8 Å². The smallest absolute Gasteiger partial charge is 0.0974 e. The predicted octanol–water partition coefficient (Wildman–Crippen LogP) is 6.94. The van der Waals surface area contributed by atoms with E-state index in [-0.39, 0.29) is 16.6 Å². The number of hydrogen-bond donors (Lipinski definition) is 0. The van der Waals surface area contributed by atoms with Crippen molar-refractivity contribution in [2.75, 3.05) is 13.1 Å². The van der Waals surface area contributed by atoms with Crippen LogP contribution in [0.15, 0.2) is 60.0 Å². The zero-order valence-corrected chi connectivity index (χ0v) is 21.1. The molecule has 6 aliphatic rings. The molecule has 2 saturated heterocycles. The minimum absolute atomic E-state index is 0.0216. The molecular weight excluding hydrogens is 428 g/mol. The van der Waals surface area contributed by atoms with E-state index in [1.807, 2.05) is 12.4 Å². The molecule has 1 aromatic carbocycles. The summed E-state index contributed by atoms with van der Waals surface area (Å²) < 4.78 is 7.53. The summed E-state index contributed by atoms with van der Waals surface area (Å²) in [5.41, 5.74) is 4.93. The van der Waals surface area contributed by atoms with Crippen LogP contribution in [-0.2, 0) is 4.74 Å². The van der Waals surface area contributed by atoms with Crippen molar-refractivity contribution in [1.82, 2.24) is 9.88 Å². The van der Waals surface area contributed by atoms with Crippen molar-refractivity contribution in [2.45, 2.75) is 94.3 Å². The second-order valence-electron chi connectivity index (χ2n) is 12.8. The van der Waals surface area contributed by atoms with Crippen LogP contribution in [0.25, 0.3) is 10.8 Å². The van der Waals surface area contributed by atoms with E-state index in [1.54, 1.807) is 11.1 Å². The van der Waals surface area contributed by atoms with E-state index >= 15 is 0 Å². The molecule has 2 bridgehead atoms. The average Bonchev–Trinajstić information content (AvgIpc) is 3.60. The van der Waals surface area contributed by atoms with Gasteiger partial charge in [-0.25, -0.2) is 0 Å². The molecule has 4 fully saturated rings. The third-order valence-corrected chi connectivity index (χ3v) is 11.4. The second kappa shape index (κ2) is 7.29. The normalized spacial score (nSPS) is 42.4. The van der Waals surface area contributed by atoms with Crippen LogP contribution in [0.5, 0.6) is 0 Å². The number of ether oxygens (including phenoxy) is 1. The molecule has 3 nitrogen and oxygen atoms in total. The molecule has 2 aromatic rings. The monoisotopic (exact) mass is 466 g/mol. The summed E-state index contributed by atoms with van der Waals surface area (Å²) in [6, 6.07) is 9.99. The lowest BCUT2D eigenvalue weighted by Gasteiger charge is -2.55. The van der Waals surface area contributed by atoms with E-state index in [4.69, 9.17) is 4.74 Å². The number of rotatable bonds is 2. The molecule has 182 valence electrons. The molecule has 2 spiro atoms. The van der Waals surface area contributed by atoms with Crippen molar-refractivity contribution < 1.29 is 4.74 Å². The number of fused-ring (bicyclic) bond motifs is 2. The predicted molar refractivity (Wildman–Crippen MR) is 140 cm³/mol. The number of benzene rings is 1. The van der Waals surface area contributed by atoms with Crippen LogP contribution in [0.3, 0.4) is 0 Å². The molecule has 8 rings (SSSR count). The van der Waals surface area contributed by atoms with Gasteiger partial charge in [0.05, 0.1) is 11.2 Å². The maximum Gasteiger partial charge on any atom is 0.0974 e. The van der Waals surface area contributed by atoms with Gasteiger partial charge in [0.25, 0.3) is 0 Å². The Kier molecular flexibility index (Phi) is 4.41. The summed E-state index contributed by atoms with van der Waals surface area (Å²) in [6.45, 7) is 5.20. The van der Waals surface area contributed by atoms with Crippen molar-refractivity contribution in [3.63, 3.8) is 0 Å². The fourth-order valence-electron chi connectivity index (χ4n) is 9.67. The van der Waals surface area contributed by atoms with Crippen LogP contribution in [0, 0.1) is 11.3 Å². The van der Waals surface area contributed by atoms with Crippen LogP contribution in [0.4, 0.5) is 0 Å². The Morgan fingerprint density at radius 3 is 2.86 bits per heavy atom. The van der Waals surface area contributed by atoms with Gasteiger partial charge in [-0.1, -0.05) is 31.2 Å². The van der Waals surface area contributed by atoms with E-state index in [2.05, 4.69) is 53.2 Å². The van der Waals surface area contributed by atoms with Crippen LogP contribution in [0.1, 0.15) is 82.6 Å². The number of hydrogen-bond acceptors (Lipinski definition) is 3. The Morgan fingerprint density at radius 2 is 1.94 bits per heavy atom. The van der Waals surface area contributed by atoms with E-state index in [1.165, 1.54) is 93.6 Å². The standard InChI is InChI=1S/C32H38N2O/c1-30-12-10-26-19-25-6-7-27(34-16-2-3-17-34)20-31(25)13-14-32(26,35-31)29(30)9-8-28(30)23-5-4-22-11-15-33-21-24(22)18-23/h4-5,10-11,15,18-19,21,27-29H,2-3,6-9,12-14,16-17,20H2,1H3/t27-,28-,29-,30-,31-,32-/m1/s1. The number of likely N-dealkylation sites (tertiary alicyclic amines) is 1. The second-order valence-corrected chi connectivity index (χ2v) is 12.8. The molecule has 1 aromatic heterocycles. The van der Waals surface area contributed by atoms with Gasteiger partial charge in [0.15, 0.2) is 0 Å². The number of pyridine rings is 1. The Hall–Kier alpha value is -1.97. The largest absolute Gasteiger partial charge is 0.359 e. The van der Waals surface area contributed by atoms with Crippen molar-refractivity contribution in [2.24, 2.45) is 11.3 Å². The molecule has 2 saturated carbocycles. The minimum atomic E-state index is -0.0451. The first kappa shape index (κ1) is 21.1. The van der Waals surface area contributed by atoms with Gasteiger partial charge in [-0.05, 0) is 129 Å². The molecule has 0 N–H and O–H groups in total. The van der Waals surface area contributed by atoms with Crippen LogP contribution >= 0.6 is 0 Å². The summed E-state index contributed by atoms with van der Waals surface area (Å²) in [4.78, 5) is 7.18. The highest BCUT2D eigenvalue weighted by Gasteiger charge is 2.66. The van der Waals surface area contributed by atoms with Crippen LogP contribution < -0.4 is 0 Å². The summed E-state index contributed by atoms with van der Waals surface area (Å²) in [5.74, 6) is 1.22. The quantitative estimate of drug-likeness (QED) is 0.479. The van der Waals surface area contributed by atoms with Gasteiger partial charge in [-0.15, -0.1) is 0 Å². The first-order valence-electron chi connectivity index (χ1n) is 14.3. The summed E-state index contributed by atoms with van der Waals surface area (Å²) in [6.07, 6.45) is 22.0. The topological polar surface area (TPSA) is 25.4 Å². The molecule has 35 heavy (non-hydrogen) atoms. The van der Waals surface area contributed by atoms with E-state index in [0.717, 1.165) is 6.04 Å². The first-order valence-corrected chi connectivity index (χ1v) is 14.3. The maximum absolute atomic E-state index is 7.53. The number of allylic oxidation sites excluding steroid dienone is 1. The molecule has 0 amide bonds. The Morgan fingerprint density at radius 1 is 1.03 bits per heavy atom. The molecular formula is C32H38N2O. The SMILES string of the molecule is C[C@]12CC=C3C=C4CC[C@@H](N5CCCC5)C[C@]45CC[C@]3(O5)[C@@H]1CC[C@@H]2c1ccc2ccncc2c1. The molecule has 4 heterocycles. The van der Waals surface area contributed by atoms with Gasteiger partial charge >= 0.3 is 0 Å². The molecule has 3 aliphatic heterocycles. The maximum atomic E-state index is 7.53. The van der Waals surface area contributed by atoms with E-state index < -0.39 is 0 Å². The van der Waals surface area contributed by atoms with Crippen molar-refractivity contribution in [1.29, 1.82) is 0 Å². The third-order valence-electron chi connectivity index (χ3n) is 11.4. The van der Waals surface area contributed by atoms with E-state index in [9.17, 15) is 0 Å². The zero-order chi connectivity index (χ0) is 23.3. The molecule has 0 unspecified atom stereocenters. The Labute approximate surface area is 209 Å². The molecule has 6 atom stereocenters. The van der Waals surface area contributed by atoms with Crippen LogP contribution in [0.2, 0.25) is 0 Å². The van der Waals surface area contributed by atoms with Gasteiger partial charge in [-0.2, -0.15) is 0 Å². The lowest BCUT2D eigenvalue weighted by atomic mass is 9.58. The summed E-state index contributed by atoms with van der Waals surface area (Å²) in [5, 5.41) is 2.57.